The quantitative estimate of drug-likeness (QED) is 0.826. The molecule has 0 bridgehead atoms. The van der Waals surface area contributed by atoms with Crippen LogP contribution in [0.5, 0.6) is 0 Å². The zero-order valence-electron chi connectivity index (χ0n) is 11.3. The van der Waals surface area contributed by atoms with E-state index in [2.05, 4.69) is 27.5 Å². The van der Waals surface area contributed by atoms with E-state index in [0.29, 0.717) is 4.75 Å². The largest absolute Gasteiger partial charge is 0.311 e. The summed E-state index contributed by atoms with van der Waals surface area (Å²) in [6.45, 7) is 1.75. The smallest absolute Gasteiger partial charge is 0.124 e. The van der Waals surface area contributed by atoms with Gasteiger partial charge in [0.1, 0.15) is 5.82 Å². The zero-order chi connectivity index (χ0) is 13.7. The first-order valence-electron chi connectivity index (χ1n) is 6.84. The molecule has 1 aliphatic carbocycles. The molecule has 0 aliphatic heterocycles. The van der Waals surface area contributed by atoms with E-state index in [4.69, 9.17) is 0 Å². The minimum Gasteiger partial charge on any atom is -0.311 e. The molecule has 0 heterocycles. The van der Waals surface area contributed by atoms with Gasteiger partial charge in [0, 0.05) is 22.3 Å². The van der Waals surface area contributed by atoms with Crippen LogP contribution in [-0.4, -0.2) is 17.5 Å². The predicted octanol–water partition coefficient (Wildman–Crippen LogP) is 4.74. The number of halogens is 2. The minimum absolute atomic E-state index is 0.177. The Morgan fingerprint density at radius 1 is 1.26 bits per heavy atom. The van der Waals surface area contributed by atoms with Gasteiger partial charge in [0.15, 0.2) is 0 Å². The Kier molecular flexibility index (Phi) is 5.72. The SMILES string of the molecule is CSC1(CNCc2cc(F)cc(Br)c2)CCCCC1. The highest BCUT2D eigenvalue weighted by Crippen LogP contribution is 2.38. The average molecular weight is 346 g/mol. The summed E-state index contributed by atoms with van der Waals surface area (Å²) in [5, 5.41) is 3.51. The molecular formula is C15H21BrFNS. The normalized spacial score (nSPS) is 18.5. The van der Waals surface area contributed by atoms with Crippen molar-refractivity contribution in [3.05, 3.63) is 34.1 Å². The fourth-order valence-corrected chi connectivity index (χ4v) is 4.25. The summed E-state index contributed by atoms with van der Waals surface area (Å²) in [7, 11) is 0. The fraction of sp³-hybridized carbons (Fsp3) is 0.600. The Labute approximate surface area is 127 Å². The van der Waals surface area contributed by atoms with Crippen LogP contribution in [0.25, 0.3) is 0 Å². The second-order valence-electron chi connectivity index (χ2n) is 5.33. The summed E-state index contributed by atoms with van der Waals surface area (Å²) < 4.78 is 14.5. The van der Waals surface area contributed by atoms with Gasteiger partial charge in [-0.1, -0.05) is 35.2 Å². The van der Waals surface area contributed by atoms with E-state index in [1.165, 1.54) is 38.2 Å². The molecule has 0 atom stereocenters. The Balaban J connectivity index is 1.88. The first-order chi connectivity index (χ1) is 9.13. The molecule has 2 rings (SSSR count). The van der Waals surface area contributed by atoms with Gasteiger partial charge in [-0.05, 0) is 42.9 Å². The van der Waals surface area contributed by atoms with Crippen LogP contribution in [0.2, 0.25) is 0 Å². The molecule has 106 valence electrons. The number of rotatable bonds is 5. The summed E-state index contributed by atoms with van der Waals surface area (Å²) in [6.07, 6.45) is 8.87. The van der Waals surface area contributed by atoms with E-state index in [1.54, 1.807) is 6.07 Å². The summed E-state index contributed by atoms with van der Waals surface area (Å²) in [4.78, 5) is 0. The molecule has 1 aromatic rings. The van der Waals surface area contributed by atoms with Crippen molar-refractivity contribution in [2.24, 2.45) is 0 Å². The van der Waals surface area contributed by atoms with Crippen LogP contribution in [0, 0.1) is 5.82 Å². The summed E-state index contributed by atoms with van der Waals surface area (Å²) in [5.41, 5.74) is 0.999. The third-order valence-electron chi connectivity index (χ3n) is 3.90. The van der Waals surface area contributed by atoms with E-state index < -0.39 is 0 Å². The standard InChI is InChI=1S/C15H21BrFNS/c1-19-15(5-3-2-4-6-15)11-18-10-12-7-13(16)9-14(17)8-12/h7-9,18H,2-6,10-11H2,1H3. The second-order valence-corrected chi connectivity index (χ2v) is 7.52. The van der Waals surface area contributed by atoms with Gasteiger partial charge >= 0.3 is 0 Å². The van der Waals surface area contributed by atoms with Crippen molar-refractivity contribution >= 4 is 27.7 Å². The second kappa shape index (κ2) is 7.09. The van der Waals surface area contributed by atoms with Gasteiger partial charge < -0.3 is 5.32 Å². The fourth-order valence-electron chi connectivity index (χ4n) is 2.80. The minimum atomic E-state index is -0.177. The highest BCUT2D eigenvalue weighted by molar-refractivity contribution is 9.10. The van der Waals surface area contributed by atoms with Gasteiger partial charge in [0.05, 0.1) is 0 Å². The van der Waals surface area contributed by atoms with E-state index in [9.17, 15) is 4.39 Å². The predicted molar refractivity (Wildman–Crippen MR) is 85.1 cm³/mol. The van der Waals surface area contributed by atoms with E-state index in [1.807, 2.05) is 17.8 Å². The first kappa shape index (κ1) is 15.3. The molecule has 1 nitrogen and oxygen atoms in total. The number of nitrogens with one attached hydrogen (secondary N) is 1. The molecule has 1 aliphatic rings. The van der Waals surface area contributed by atoms with Crippen LogP contribution in [-0.2, 0) is 6.54 Å². The number of thioether (sulfide) groups is 1. The van der Waals surface area contributed by atoms with Crippen molar-refractivity contribution in [3.8, 4) is 0 Å². The maximum absolute atomic E-state index is 13.3. The van der Waals surface area contributed by atoms with Crippen LogP contribution in [0.3, 0.4) is 0 Å². The van der Waals surface area contributed by atoms with Crippen molar-refractivity contribution in [3.63, 3.8) is 0 Å². The van der Waals surface area contributed by atoms with Gasteiger partial charge in [-0.15, -0.1) is 0 Å². The lowest BCUT2D eigenvalue weighted by Gasteiger charge is -2.36. The molecule has 0 amide bonds. The molecule has 0 aromatic heterocycles. The zero-order valence-corrected chi connectivity index (χ0v) is 13.7. The highest BCUT2D eigenvalue weighted by Gasteiger charge is 2.30. The number of hydrogen-bond donors (Lipinski definition) is 1. The molecule has 19 heavy (non-hydrogen) atoms. The van der Waals surface area contributed by atoms with E-state index in [-0.39, 0.29) is 5.82 Å². The van der Waals surface area contributed by atoms with Crippen LogP contribution in [0.4, 0.5) is 4.39 Å². The van der Waals surface area contributed by atoms with Crippen LogP contribution in [0.15, 0.2) is 22.7 Å². The van der Waals surface area contributed by atoms with Crippen molar-refractivity contribution < 1.29 is 4.39 Å². The molecule has 4 heteroatoms. The lowest BCUT2D eigenvalue weighted by Crippen LogP contribution is -2.39. The number of hydrogen-bond acceptors (Lipinski definition) is 2. The number of benzene rings is 1. The van der Waals surface area contributed by atoms with Gasteiger partial charge in [-0.25, -0.2) is 4.39 Å². The van der Waals surface area contributed by atoms with Crippen molar-refractivity contribution in [1.82, 2.24) is 5.32 Å². The third kappa shape index (κ3) is 4.47. The Bertz CT molecular complexity index is 398. The van der Waals surface area contributed by atoms with Crippen molar-refractivity contribution in [2.45, 2.75) is 43.4 Å². The molecule has 1 N–H and O–H groups in total. The van der Waals surface area contributed by atoms with Gasteiger partial charge in [0.25, 0.3) is 0 Å². The molecule has 1 saturated carbocycles. The first-order valence-corrected chi connectivity index (χ1v) is 8.86. The van der Waals surface area contributed by atoms with Gasteiger partial charge in [-0.2, -0.15) is 11.8 Å². The molecule has 0 radical (unpaired) electrons. The Morgan fingerprint density at radius 2 is 2.00 bits per heavy atom. The molecule has 0 unspecified atom stereocenters. The Morgan fingerprint density at radius 3 is 2.63 bits per heavy atom. The van der Waals surface area contributed by atoms with Crippen molar-refractivity contribution in [2.75, 3.05) is 12.8 Å². The lowest BCUT2D eigenvalue weighted by molar-refractivity contribution is 0.379. The molecule has 1 aromatic carbocycles. The van der Waals surface area contributed by atoms with Gasteiger partial charge in [0.2, 0.25) is 0 Å². The maximum atomic E-state index is 13.3. The summed E-state index contributed by atoms with van der Waals surface area (Å²) in [5.74, 6) is -0.177. The van der Waals surface area contributed by atoms with Crippen LogP contribution < -0.4 is 5.32 Å². The monoisotopic (exact) mass is 345 g/mol. The van der Waals surface area contributed by atoms with Gasteiger partial charge in [-0.3, -0.25) is 0 Å². The highest BCUT2D eigenvalue weighted by atomic mass is 79.9. The molecule has 0 spiro atoms. The van der Waals surface area contributed by atoms with Crippen molar-refractivity contribution in [1.29, 1.82) is 0 Å². The molecular weight excluding hydrogens is 325 g/mol. The Hall–Kier alpha value is -0.0600. The van der Waals surface area contributed by atoms with E-state index >= 15 is 0 Å². The van der Waals surface area contributed by atoms with Crippen LogP contribution in [0.1, 0.15) is 37.7 Å². The summed E-state index contributed by atoms with van der Waals surface area (Å²) >= 11 is 5.32. The average Bonchev–Trinajstić information content (AvgIpc) is 2.39. The third-order valence-corrected chi connectivity index (χ3v) is 5.77. The topological polar surface area (TPSA) is 12.0 Å². The molecule has 1 fully saturated rings. The van der Waals surface area contributed by atoms with E-state index in [0.717, 1.165) is 23.1 Å². The maximum Gasteiger partial charge on any atom is 0.124 e. The lowest BCUT2D eigenvalue weighted by atomic mass is 9.88. The molecule has 0 saturated heterocycles. The van der Waals surface area contributed by atoms with Crippen LogP contribution >= 0.6 is 27.7 Å². The summed E-state index contributed by atoms with van der Waals surface area (Å²) in [6, 6.07) is 5.07.